The number of aliphatic imine (C=N–C) groups is 1. The summed E-state index contributed by atoms with van der Waals surface area (Å²) in [4.78, 5) is 16.2. The van der Waals surface area contributed by atoms with Gasteiger partial charge in [-0.2, -0.15) is 0 Å². The third-order valence-electron chi connectivity index (χ3n) is 4.32. The maximum Gasteiger partial charge on any atom is 0.250 e. The number of hydrogen-bond acceptors (Lipinski definition) is 2. The summed E-state index contributed by atoms with van der Waals surface area (Å²) in [5.41, 5.74) is 7.48. The zero-order valence-corrected chi connectivity index (χ0v) is 13.5. The Balaban J connectivity index is 1.95. The van der Waals surface area contributed by atoms with Gasteiger partial charge in [-0.25, -0.2) is 0 Å². The molecule has 0 aliphatic rings. The summed E-state index contributed by atoms with van der Waals surface area (Å²) in [6.45, 7) is 0. The number of carbonyl (C=O) groups is 1. The number of hydrogen-bond donors (Lipinski definition) is 1. The molecule has 0 atom stereocenters. The molecule has 120 valence electrons. The Labute approximate surface area is 145 Å². The smallest absolute Gasteiger partial charge is 0.250 e. The van der Waals surface area contributed by atoms with E-state index in [1.807, 2.05) is 36.5 Å². The van der Waals surface area contributed by atoms with Crippen molar-refractivity contribution in [2.45, 2.75) is 0 Å². The summed E-state index contributed by atoms with van der Waals surface area (Å²) >= 11 is 0. The van der Waals surface area contributed by atoms with Crippen molar-refractivity contribution in [2.75, 3.05) is 0 Å². The van der Waals surface area contributed by atoms with E-state index in [2.05, 4.69) is 35.3 Å². The van der Waals surface area contributed by atoms with Gasteiger partial charge in [0.2, 0.25) is 0 Å². The summed E-state index contributed by atoms with van der Waals surface area (Å²) in [5, 5.41) is 4.57. The number of nitrogens with zero attached hydrogens (tertiary/aromatic N) is 1. The molecule has 0 aliphatic carbocycles. The highest BCUT2D eigenvalue weighted by molar-refractivity contribution is 6.14. The van der Waals surface area contributed by atoms with E-state index in [-0.39, 0.29) is 0 Å². The second-order valence-electron chi connectivity index (χ2n) is 5.87. The van der Waals surface area contributed by atoms with Gasteiger partial charge in [0.1, 0.15) is 0 Å². The molecule has 0 aliphatic heterocycles. The van der Waals surface area contributed by atoms with E-state index in [0.29, 0.717) is 11.3 Å². The molecular weight excluding hydrogens is 308 g/mol. The Morgan fingerprint density at radius 1 is 0.800 bits per heavy atom. The van der Waals surface area contributed by atoms with Gasteiger partial charge in [0.15, 0.2) is 0 Å². The SMILES string of the molecule is NC(=O)c1ccccc1N=Cc1c2ccccc2cc2ccccc12. The van der Waals surface area contributed by atoms with Crippen LogP contribution in [0.15, 0.2) is 83.9 Å². The zero-order chi connectivity index (χ0) is 17.2. The predicted molar refractivity (Wildman–Crippen MR) is 104 cm³/mol. The first-order valence-corrected chi connectivity index (χ1v) is 8.07. The molecular formula is C22H16N2O. The second kappa shape index (κ2) is 6.21. The highest BCUT2D eigenvalue weighted by Crippen LogP contribution is 2.28. The van der Waals surface area contributed by atoms with Gasteiger partial charge < -0.3 is 5.73 Å². The first-order chi connectivity index (χ1) is 12.2. The summed E-state index contributed by atoms with van der Waals surface area (Å²) < 4.78 is 0. The molecule has 0 aromatic heterocycles. The van der Waals surface area contributed by atoms with Crippen LogP contribution in [0.3, 0.4) is 0 Å². The Morgan fingerprint density at radius 2 is 1.36 bits per heavy atom. The lowest BCUT2D eigenvalue weighted by atomic mass is 9.97. The Morgan fingerprint density at radius 3 is 2.00 bits per heavy atom. The topological polar surface area (TPSA) is 55.5 Å². The van der Waals surface area contributed by atoms with Crippen LogP contribution in [0.5, 0.6) is 0 Å². The average molecular weight is 324 g/mol. The molecule has 0 spiro atoms. The van der Waals surface area contributed by atoms with Gasteiger partial charge in [-0.05, 0) is 39.7 Å². The summed E-state index contributed by atoms with van der Waals surface area (Å²) in [6, 6.07) is 25.8. The fraction of sp³-hybridized carbons (Fsp3) is 0. The minimum Gasteiger partial charge on any atom is -0.366 e. The molecule has 3 nitrogen and oxygen atoms in total. The van der Waals surface area contributed by atoms with E-state index >= 15 is 0 Å². The monoisotopic (exact) mass is 324 g/mol. The van der Waals surface area contributed by atoms with Crippen LogP contribution >= 0.6 is 0 Å². The molecule has 3 heteroatoms. The first kappa shape index (κ1) is 15.1. The van der Waals surface area contributed by atoms with Crippen molar-refractivity contribution in [3.8, 4) is 0 Å². The maximum absolute atomic E-state index is 11.6. The molecule has 4 aromatic rings. The van der Waals surface area contributed by atoms with E-state index in [1.54, 1.807) is 18.2 Å². The van der Waals surface area contributed by atoms with E-state index < -0.39 is 5.91 Å². The van der Waals surface area contributed by atoms with Gasteiger partial charge in [-0.3, -0.25) is 9.79 Å². The molecule has 2 N–H and O–H groups in total. The number of fused-ring (bicyclic) bond motifs is 2. The van der Waals surface area contributed by atoms with Crippen molar-refractivity contribution < 1.29 is 4.79 Å². The predicted octanol–water partition coefficient (Wildman–Crippen LogP) is 4.84. The Bertz CT molecular complexity index is 1080. The maximum atomic E-state index is 11.6. The standard InChI is InChI=1S/C22H16N2O/c23-22(25)19-11-5-6-12-21(19)24-14-20-17-9-3-1-7-15(17)13-16-8-2-4-10-18(16)20/h1-14H,(H2,23,25). The fourth-order valence-corrected chi connectivity index (χ4v) is 3.12. The minimum absolute atomic E-state index is 0.420. The number of amides is 1. The first-order valence-electron chi connectivity index (χ1n) is 8.07. The van der Waals surface area contributed by atoms with Gasteiger partial charge in [-0.1, -0.05) is 60.7 Å². The van der Waals surface area contributed by atoms with Crippen LogP contribution in [-0.2, 0) is 0 Å². The van der Waals surface area contributed by atoms with E-state index in [0.717, 1.165) is 27.1 Å². The lowest BCUT2D eigenvalue weighted by Crippen LogP contribution is -2.10. The minimum atomic E-state index is -0.476. The Hall–Kier alpha value is -3.46. The molecule has 0 saturated carbocycles. The largest absolute Gasteiger partial charge is 0.366 e. The van der Waals surface area contributed by atoms with Crippen LogP contribution in [0, 0.1) is 0 Å². The van der Waals surface area contributed by atoms with Gasteiger partial charge in [0, 0.05) is 11.8 Å². The summed E-state index contributed by atoms with van der Waals surface area (Å²) in [6.07, 6.45) is 1.83. The van der Waals surface area contributed by atoms with Crippen LogP contribution in [0.4, 0.5) is 5.69 Å². The summed E-state index contributed by atoms with van der Waals surface area (Å²) in [7, 11) is 0. The van der Waals surface area contributed by atoms with Gasteiger partial charge in [0.05, 0.1) is 11.3 Å². The zero-order valence-electron chi connectivity index (χ0n) is 13.5. The van der Waals surface area contributed by atoms with E-state index in [1.165, 1.54) is 0 Å². The molecule has 4 rings (SSSR count). The molecule has 0 bridgehead atoms. The molecule has 0 fully saturated rings. The van der Waals surface area contributed by atoms with Crippen LogP contribution < -0.4 is 5.73 Å². The van der Waals surface area contributed by atoms with E-state index in [9.17, 15) is 4.79 Å². The lowest BCUT2D eigenvalue weighted by Gasteiger charge is -2.08. The van der Waals surface area contributed by atoms with Gasteiger partial charge >= 0.3 is 0 Å². The summed E-state index contributed by atoms with van der Waals surface area (Å²) in [5.74, 6) is -0.476. The van der Waals surface area contributed by atoms with Crippen molar-refractivity contribution in [2.24, 2.45) is 10.7 Å². The quantitative estimate of drug-likeness (QED) is 0.425. The highest BCUT2D eigenvalue weighted by Gasteiger charge is 2.08. The molecule has 0 saturated heterocycles. The van der Waals surface area contributed by atoms with Crippen molar-refractivity contribution in [3.63, 3.8) is 0 Å². The number of primary amides is 1. The number of nitrogens with two attached hydrogens (primary N) is 1. The van der Waals surface area contributed by atoms with Crippen molar-refractivity contribution >= 4 is 39.4 Å². The molecule has 0 heterocycles. The second-order valence-corrected chi connectivity index (χ2v) is 5.87. The van der Waals surface area contributed by atoms with Gasteiger partial charge in [-0.15, -0.1) is 0 Å². The third-order valence-corrected chi connectivity index (χ3v) is 4.32. The number of rotatable bonds is 3. The third kappa shape index (κ3) is 2.76. The van der Waals surface area contributed by atoms with Crippen LogP contribution in [0.25, 0.3) is 21.5 Å². The normalized spacial score (nSPS) is 11.4. The van der Waals surface area contributed by atoms with E-state index in [4.69, 9.17) is 5.73 Å². The van der Waals surface area contributed by atoms with Gasteiger partial charge in [0.25, 0.3) is 5.91 Å². The van der Waals surface area contributed by atoms with Crippen LogP contribution in [0.1, 0.15) is 15.9 Å². The Kier molecular flexibility index (Phi) is 3.75. The van der Waals surface area contributed by atoms with Crippen molar-refractivity contribution in [1.29, 1.82) is 0 Å². The number of para-hydroxylation sites is 1. The average Bonchev–Trinajstić information content (AvgIpc) is 2.65. The van der Waals surface area contributed by atoms with Crippen molar-refractivity contribution in [3.05, 3.63) is 90.0 Å². The highest BCUT2D eigenvalue weighted by atomic mass is 16.1. The number of carbonyl (C=O) groups excluding carboxylic acids is 1. The molecule has 0 radical (unpaired) electrons. The lowest BCUT2D eigenvalue weighted by molar-refractivity contribution is 0.100. The van der Waals surface area contributed by atoms with Crippen LogP contribution in [-0.4, -0.2) is 12.1 Å². The van der Waals surface area contributed by atoms with Crippen LogP contribution in [0.2, 0.25) is 0 Å². The molecule has 25 heavy (non-hydrogen) atoms. The number of benzene rings is 4. The molecule has 4 aromatic carbocycles. The molecule has 0 unspecified atom stereocenters. The fourth-order valence-electron chi connectivity index (χ4n) is 3.12. The van der Waals surface area contributed by atoms with Crippen molar-refractivity contribution in [1.82, 2.24) is 0 Å². The molecule has 1 amide bonds.